The number of phenols is 1. The van der Waals surface area contributed by atoms with Crippen LogP contribution in [0.25, 0.3) is 16.7 Å². The lowest BCUT2D eigenvalue weighted by molar-refractivity contribution is 0.198. The van der Waals surface area contributed by atoms with Crippen molar-refractivity contribution >= 4 is 17.2 Å². The lowest BCUT2D eigenvalue weighted by Gasteiger charge is -2.19. The van der Waals surface area contributed by atoms with E-state index < -0.39 is 0 Å². The molecular formula is C31H33ClFNO2. The fraction of sp³-hybridized carbons (Fsp3) is 0.355. The lowest BCUT2D eigenvalue weighted by atomic mass is 9.87. The first-order valence-corrected chi connectivity index (χ1v) is 13.3. The minimum Gasteiger partial charge on any atom is -0.507 e. The summed E-state index contributed by atoms with van der Waals surface area (Å²) in [7, 11) is 0. The van der Waals surface area contributed by atoms with Crippen LogP contribution < -0.4 is 4.74 Å². The zero-order chi connectivity index (χ0) is 25.1. The Bertz CT molecular complexity index is 1250. The number of aromatic hydroxyl groups is 1. The van der Waals surface area contributed by atoms with E-state index in [-0.39, 0.29) is 18.5 Å². The predicted octanol–water partition coefficient (Wildman–Crippen LogP) is 7.60. The van der Waals surface area contributed by atoms with Crippen LogP contribution in [0.2, 0.25) is 5.02 Å². The first-order valence-electron chi connectivity index (χ1n) is 12.9. The van der Waals surface area contributed by atoms with E-state index in [4.69, 9.17) is 16.3 Å². The molecule has 1 aliphatic carbocycles. The summed E-state index contributed by atoms with van der Waals surface area (Å²) in [6, 6.07) is 18.2. The van der Waals surface area contributed by atoms with Crippen molar-refractivity contribution in [3.05, 3.63) is 87.9 Å². The molecule has 3 aromatic rings. The van der Waals surface area contributed by atoms with Crippen molar-refractivity contribution in [1.82, 2.24) is 4.90 Å². The maximum absolute atomic E-state index is 12.5. The number of likely N-dealkylation sites (tertiary alicyclic amines) is 1. The average Bonchev–Trinajstić information content (AvgIpc) is 3.20. The molecule has 0 unspecified atom stereocenters. The minimum absolute atomic E-state index is 0.151. The molecule has 1 heterocycles. The first kappa shape index (κ1) is 24.9. The maximum atomic E-state index is 12.5. The van der Waals surface area contributed by atoms with Crippen LogP contribution >= 0.6 is 11.6 Å². The van der Waals surface area contributed by atoms with E-state index in [1.165, 1.54) is 5.57 Å². The summed E-state index contributed by atoms with van der Waals surface area (Å²) in [6.07, 6.45) is 6.88. The van der Waals surface area contributed by atoms with Crippen LogP contribution in [0.4, 0.5) is 4.39 Å². The fourth-order valence-corrected chi connectivity index (χ4v) is 5.79. The Hall–Kier alpha value is -2.82. The Morgan fingerprint density at radius 2 is 1.89 bits per heavy atom. The smallest absolute Gasteiger partial charge is 0.123 e. The van der Waals surface area contributed by atoms with Crippen LogP contribution in [0.1, 0.15) is 47.9 Å². The largest absolute Gasteiger partial charge is 0.507 e. The minimum atomic E-state index is -0.262. The Kier molecular flexibility index (Phi) is 7.64. The van der Waals surface area contributed by atoms with Crippen LogP contribution in [0, 0.1) is 6.92 Å². The molecule has 1 aliphatic heterocycles. The molecule has 1 fully saturated rings. The van der Waals surface area contributed by atoms with Crippen LogP contribution in [-0.2, 0) is 6.42 Å². The van der Waals surface area contributed by atoms with Crippen molar-refractivity contribution in [2.24, 2.45) is 0 Å². The van der Waals surface area contributed by atoms with Crippen LogP contribution in [0.15, 0.2) is 60.7 Å². The number of phenolic OH excluding ortho intramolecular Hbond substituents is 1. The van der Waals surface area contributed by atoms with E-state index >= 15 is 0 Å². The second kappa shape index (κ2) is 11.1. The molecule has 188 valence electrons. The van der Waals surface area contributed by atoms with Gasteiger partial charge in [-0.1, -0.05) is 48.0 Å². The Morgan fingerprint density at radius 1 is 1.08 bits per heavy atom. The van der Waals surface area contributed by atoms with Crippen molar-refractivity contribution in [3.8, 4) is 22.6 Å². The Balaban J connectivity index is 1.40. The van der Waals surface area contributed by atoms with E-state index in [1.54, 1.807) is 6.07 Å². The molecule has 0 spiro atoms. The highest BCUT2D eigenvalue weighted by Crippen LogP contribution is 2.43. The predicted molar refractivity (Wildman–Crippen MR) is 146 cm³/mol. The average molecular weight is 506 g/mol. The van der Waals surface area contributed by atoms with Gasteiger partial charge in [0.1, 0.15) is 17.6 Å². The Morgan fingerprint density at radius 3 is 2.67 bits per heavy atom. The third-order valence-corrected chi connectivity index (χ3v) is 7.57. The molecule has 36 heavy (non-hydrogen) atoms. The zero-order valence-electron chi connectivity index (χ0n) is 20.8. The van der Waals surface area contributed by atoms with Gasteiger partial charge in [-0.05, 0) is 91.1 Å². The standard InChI is InChI=1S/C31H33ClFNO2/c1-21-7-12-28(29(32)19-21)31-27-6-3-2-5-25(26(27)13-14-30(31)35)22-8-10-23(11-9-22)36-24-15-18-34(20-24)17-4-16-33/h5,7-14,19,24,35H,2-4,6,15-18,20H2,1H3/t24-/m0/s1. The molecule has 0 aromatic heterocycles. The van der Waals surface area contributed by atoms with E-state index in [1.807, 2.05) is 43.3 Å². The van der Waals surface area contributed by atoms with Crippen molar-refractivity contribution in [2.45, 2.75) is 45.1 Å². The van der Waals surface area contributed by atoms with E-state index in [2.05, 4.69) is 23.1 Å². The molecule has 3 nitrogen and oxygen atoms in total. The van der Waals surface area contributed by atoms with E-state index in [9.17, 15) is 9.50 Å². The molecule has 5 rings (SSSR count). The molecular weight excluding hydrogens is 473 g/mol. The molecule has 0 amide bonds. The number of fused-ring (bicyclic) bond motifs is 1. The summed E-state index contributed by atoms with van der Waals surface area (Å²) >= 11 is 6.63. The number of allylic oxidation sites excluding steroid dienone is 1. The van der Waals surface area contributed by atoms with Gasteiger partial charge >= 0.3 is 0 Å². The third kappa shape index (κ3) is 5.30. The van der Waals surface area contributed by atoms with Gasteiger partial charge in [-0.3, -0.25) is 9.29 Å². The highest BCUT2D eigenvalue weighted by Gasteiger charge is 2.24. The van der Waals surface area contributed by atoms with Crippen LogP contribution in [0.5, 0.6) is 11.5 Å². The number of alkyl halides is 1. The van der Waals surface area contributed by atoms with Crippen LogP contribution in [-0.4, -0.2) is 42.4 Å². The monoisotopic (exact) mass is 505 g/mol. The number of nitrogens with zero attached hydrogens (tertiary/aromatic N) is 1. The number of halogens is 2. The highest BCUT2D eigenvalue weighted by molar-refractivity contribution is 6.33. The van der Waals surface area contributed by atoms with Crippen molar-refractivity contribution < 1.29 is 14.2 Å². The van der Waals surface area contributed by atoms with Gasteiger partial charge in [0.25, 0.3) is 0 Å². The number of benzene rings is 3. The molecule has 0 saturated carbocycles. The first-order chi connectivity index (χ1) is 17.5. The lowest BCUT2D eigenvalue weighted by Crippen LogP contribution is -2.26. The second-order valence-corrected chi connectivity index (χ2v) is 10.3. The Labute approximate surface area is 218 Å². The van der Waals surface area contributed by atoms with Gasteiger partial charge in [-0.2, -0.15) is 0 Å². The van der Waals surface area contributed by atoms with E-state index in [0.29, 0.717) is 11.4 Å². The number of hydrogen-bond donors (Lipinski definition) is 1. The third-order valence-electron chi connectivity index (χ3n) is 7.26. The highest BCUT2D eigenvalue weighted by atomic mass is 35.5. The summed E-state index contributed by atoms with van der Waals surface area (Å²) in [5.41, 5.74) is 7.40. The van der Waals surface area contributed by atoms with E-state index in [0.717, 1.165) is 84.4 Å². The molecule has 1 N–H and O–H groups in total. The zero-order valence-corrected chi connectivity index (χ0v) is 21.5. The van der Waals surface area contributed by atoms with Gasteiger partial charge < -0.3 is 9.84 Å². The molecule has 1 atom stereocenters. The fourth-order valence-electron chi connectivity index (χ4n) is 5.46. The quantitative estimate of drug-likeness (QED) is 0.359. The summed E-state index contributed by atoms with van der Waals surface area (Å²) in [5.74, 6) is 1.13. The summed E-state index contributed by atoms with van der Waals surface area (Å²) in [5, 5.41) is 11.5. The maximum Gasteiger partial charge on any atom is 0.123 e. The summed E-state index contributed by atoms with van der Waals surface area (Å²) < 4.78 is 18.7. The van der Waals surface area contributed by atoms with Gasteiger partial charge in [0.15, 0.2) is 0 Å². The summed E-state index contributed by atoms with van der Waals surface area (Å²) in [6.45, 7) is 4.38. The van der Waals surface area contributed by atoms with Gasteiger partial charge in [0.2, 0.25) is 0 Å². The van der Waals surface area contributed by atoms with Crippen LogP contribution in [0.3, 0.4) is 0 Å². The van der Waals surface area contributed by atoms with Gasteiger partial charge in [-0.15, -0.1) is 0 Å². The van der Waals surface area contributed by atoms with Gasteiger partial charge in [-0.25, -0.2) is 0 Å². The SMILES string of the molecule is Cc1ccc(-c2c(O)ccc3c2CCCC=C3c2ccc(O[C@H]3CCN(CCCF)C3)cc2)c(Cl)c1. The normalized spacial score (nSPS) is 18.0. The number of aryl methyl sites for hydroxylation is 1. The number of rotatable bonds is 7. The molecule has 1 saturated heterocycles. The van der Waals surface area contributed by atoms with Crippen molar-refractivity contribution in [2.75, 3.05) is 26.3 Å². The molecule has 5 heteroatoms. The topological polar surface area (TPSA) is 32.7 Å². The molecule has 3 aromatic carbocycles. The van der Waals surface area contributed by atoms with Gasteiger partial charge in [0, 0.05) is 35.8 Å². The number of ether oxygens (including phenoxy) is 1. The molecule has 2 aliphatic rings. The van der Waals surface area contributed by atoms with Crippen molar-refractivity contribution in [3.63, 3.8) is 0 Å². The van der Waals surface area contributed by atoms with Gasteiger partial charge in [0.05, 0.1) is 6.67 Å². The van der Waals surface area contributed by atoms with Crippen molar-refractivity contribution in [1.29, 1.82) is 0 Å². The molecule has 0 radical (unpaired) electrons. The number of hydrogen-bond acceptors (Lipinski definition) is 3. The second-order valence-electron chi connectivity index (χ2n) is 9.88. The summed E-state index contributed by atoms with van der Waals surface area (Å²) in [4.78, 5) is 2.28. The molecule has 0 bridgehead atoms.